The van der Waals surface area contributed by atoms with Crippen molar-refractivity contribution in [3.63, 3.8) is 0 Å². The summed E-state index contributed by atoms with van der Waals surface area (Å²) in [6.07, 6.45) is 1.07. The molecule has 0 radical (unpaired) electrons. The summed E-state index contributed by atoms with van der Waals surface area (Å²) in [7, 11) is 4.15. The van der Waals surface area contributed by atoms with Crippen LogP contribution in [0.15, 0.2) is 30.3 Å². The number of hydrogen-bond donors (Lipinski definition) is 2. The van der Waals surface area contributed by atoms with Crippen LogP contribution in [0.4, 0.5) is 17.3 Å². The lowest BCUT2D eigenvalue weighted by Crippen LogP contribution is -2.16. The largest absolute Gasteiger partial charge is 0.494 e. The SMILES string of the molecule is CCOc1ccc(Nc2cc(NCCCN(C)C)nc(C)n2)cc1. The molecule has 0 unspecified atom stereocenters. The highest BCUT2D eigenvalue weighted by Crippen LogP contribution is 2.20. The molecule has 1 aromatic carbocycles. The number of nitrogens with one attached hydrogen (secondary N) is 2. The molecule has 0 amide bonds. The van der Waals surface area contributed by atoms with E-state index in [9.17, 15) is 0 Å². The molecule has 0 atom stereocenters. The molecule has 0 saturated heterocycles. The molecule has 2 aromatic rings. The average Bonchev–Trinajstić information content (AvgIpc) is 2.53. The normalized spacial score (nSPS) is 10.7. The van der Waals surface area contributed by atoms with Gasteiger partial charge in [-0.2, -0.15) is 0 Å². The Hall–Kier alpha value is -2.34. The van der Waals surface area contributed by atoms with Gasteiger partial charge in [0.1, 0.15) is 23.2 Å². The summed E-state index contributed by atoms with van der Waals surface area (Å²) in [5.41, 5.74) is 0.968. The van der Waals surface area contributed by atoms with Gasteiger partial charge in [0.15, 0.2) is 0 Å². The predicted molar refractivity (Wildman–Crippen MR) is 99.3 cm³/mol. The quantitative estimate of drug-likeness (QED) is 0.688. The topological polar surface area (TPSA) is 62.3 Å². The fourth-order valence-electron chi connectivity index (χ4n) is 2.28. The van der Waals surface area contributed by atoms with Crippen LogP contribution in [0.25, 0.3) is 0 Å². The van der Waals surface area contributed by atoms with E-state index in [0.29, 0.717) is 6.61 Å². The number of hydrogen-bond acceptors (Lipinski definition) is 6. The van der Waals surface area contributed by atoms with E-state index in [1.807, 2.05) is 44.2 Å². The van der Waals surface area contributed by atoms with Gasteiger partial charge in [-0.05, 0) is 65.2 Å². The summed E-state index contributed by atoms with van der Waals surface area (Å²) in [6.45, 7) is 6.48. The molecule has 0 fully saturated rings. The standard InChI is InChI=1S/C18H27N5O/c1-5-24-16-9-7-15(8-10-16)22-18-13-17(20-14(2)21-18)19-11-6-12-23(3)4/h7-10,13H,5-6,11-12H2,1-4H3,(H2,19,20,21,22). The van der Waals surface area contributed by atoms with Crippen molar-refractivity contribution in [2.45, 2.75) is 20.3 Å². The highest BCUT2D eigenvalue weighted by Gasteiger charge is 2.03. The van der Waals surface area contributed by atoms with Gasteiger partial charge in [0.25, 0.3) is 0 Å². The Morgan fingerprint density at radius 1 is 1.08 bits per heavy atom. The van der Waals surface area contributed by atoms with E-state index >= 15 is 0 Å². The van der Waals surface area contributed by atoms with Crippen molar-refractivity contribution in [2.75, 3.05) is 44.4 Å². The van der Waals surface area contributed by atoms with Crippen LogP contribution in [0.2, 0.25) is 0 Å². The Balaban J connectivity index is 1.97. The van der Waals surface area contributed by atoms with Crippen molar-refractivity contribution in [1.29, 1.82) is 0 Å². The molecular weight excluding hydrogens is 302 g/mol. The van der Waals surface area contributed by atoms with Crippen molar-refractivity contribution in [3.8, 4) is 5.75 Å². The molecule has 0 aliphatic heterocycles. The highest BCUT2D eigenvalue weighted by molar-refractivity contribution is 5.59. The maximum atomic E-state index is 5.45. The van der Waals surface area contributed by atoms with E-state index in [-0.39, 0.29) is 0 Å². The summed E-state index contributed by atoms with van der Waals surface area (Å²) >= 11 is 0. The van der Waals surface area contributed by atoms with Crippen molar-refractivity contribution in [3.05, 3.63) is 36.2 Å². The third-order valence-corrected chi connectivity index (χ3v) is 3.36. The number of ether oxygens (including phenoxy) is 1. The van der Waals surface area contributed by atoms with Crippen LogP contribution in [0, 0.1) is 6.92 Å². The third-order valence-electron chi connectivity index (χ3n) is 3.36. The maximum absolute atomic E-state index is 5.45. The second-order valence-corrected chi connectivity index (χ2v) is 5.85. The molecule has 2 rings (SSSR count). The molecule has 2 N–H and O–H groups in total. The molecule has 6 nitrogen and oxygen atoms in total. The Bertz CT molecular complexity index is 628. The van der Waals surface area contributed by atoms with Crippen molar-refractivity contribution >= 4 is 17.3 Å². The van der Waals surface area contributed by atoms with E-state index in [4.69, 9.17) is 4.74 Å². The minimum absolute atomic E-state index is 0.667. The summed E-state index contributed by atoms with van der Waals surface area (Å²) in [4.78, 5) is 11.0. The van der Waals surface area contributed by atoms with Crippen LogP contribution in [-0.2, 0) is 0 Å². The lowest BCUT2D eigenvalue weighted by Gasteiger charge is -2.12. The first kappa shape index (κ1) is 18.0. The first-order valence-corrected chi connectivity index (χ1v) is 8.31. The Morgan fingerprint density at radius 3 is 2.46 bits per heavy atom. The van der Waals surface area contributed by atoms with Gasteiger partial charge < -0.3 is 20.3 Å². The third kappa shape index (κ3) is 6.04. The summed E-state index contributed by atoms with van der Waals surface area (Å²) < 4.78 is 5.45. The molecule has 6 heteroatoms. The Morgan fingerprint density at radius 2 is 1.79 bits per heavy atom. The molecule has 0 spiro atoms. The maximum Gasteiger partial charge on any atom is 0.136 e. The van der Waals surface area contributed by atoms with Crippen molar-refractivity contribution in [1.82, 2.24) is 14.9 Å². The fraction of sp³-hybridized carbons (Fsp3) is 0.444. The number of benzene rings is 1. The van der Waals surface area contributed by atoms with E-state index in [2.05, 4.69) is 39.6 Å². The van der Waals surface area contributed by atoms with Crippen LogP contribution in [0.3, 0.4) is 0 Å². The van der Waals surface area contributed by atoms with Gasteiger partial charge in [-0.3, -0.25) is 0 Å². The summed E-state index contributed by atoms with van der Waals surface area (Å²) in [5, 5.41) is 6.66. The zero-order chi connectivity index (χ0) is 17.4. The van der Waals surface area contributed by atoms with Crippen molar-refractivity contribution in [2.24, 2.45) is 0 Å². The van der Waals surface area contributed by atoms with Crippen molar-refractivity contribution < 1.29 is 4.74 Å². The Labute approximate surface area is 144 Å². The van der Waals surface area contributed by atoms with Gasteiger partial charge >= 0.3 is 0 Å². The first-order chi connectivity index (χ1) is 11.6. The molecule has 24 heavy (non-hydrogen) atoms. The van der Waals surface area contributed by atoms with Crippen LogP contribution < -0.4 is 15.4 Å². The van der Waals surface area contributed by atoms with E-state index in [1.54, 1.807) is 0 Å². The average molecular weight is 329 g/mol. The van der Waals surface area contributed by atoms with E-state index < -0.39 is 0 Å². The van der Waals surface area contributed by atoms with Crippen LogP contribution >= 0.6 is 0 Å². The van der Waals surface area contributed by atoms with Gasteiger partial charge in [0.05, 0.1) is 6.61 Å². The molecule has 1 aromatic heterocycles. The van der Waals surface area contributed by atoms with Gasteiger partial charge in [-0.15, -0.1) is 0 Å². The summed E-state index contributed by atoms with van der Waals surface area (Å²) in [5.74, 6) is 3.22. The monoisotopic (exact) mass is 329 g/mol. The lowest BCUT2D eigenvalue weighted by atomic mass is 10.3. The smallest absolute Gasteiger partial charge is 0.136 e. The molecule has 0 bridgehead atoms. The number of aryl methyl sites for hydroxylation is 1. The van der Waals surface area contributed by atoms with Crippen LogP contribution in [-0.4, -0.2) is 48.7 Å². The Kier molecular flexibility index (Phi) is 6.81. The number of rotatable bonds is 9. The molecule has 0 aliphatic rings. The number of nitrogens with zero attached hydrogens (tertiary/aromatic N) is 3. The zero-order valence-corrected chi connectivity index (χ0v) is 15.0. The zero-order valence-electron chi connectivity index (χ0n) is 15.0. The number of aromatic nitrogens is 2. The summed E-state index contributed by atoms with van der Waals surface area (Å²) in [6, 6.07) is 9.78. The highest BCUT2D eigenvalue weighted by atomic mass is 16.5. The van der Waals surface area contributed by atoms with Gasteiger partial charge in [-0.25, -0.2) is 9.97 Å². The minimum atomic E-state index is 0.667. The second-order valence-electron chi connectivity index (χ2n) is 5.85. The van der Waals surface area contributed by atoms with Crippen LogP contribution in [0.5, 0.6) is 5.75 Å². The van der Waals surface area contributed by atoms with Gasteiger partial charge in [-0.1, -0.05) is 0 Å². The molecular formula is C18H27N5O. The van der Waals surface area contributed by atoms with Crippen LogP contribution in [0.1, 0.15) is 19.2 Å². The molecule has 130 valence electrons. The predicted octanol–water partition coefficient (Wildman–Crippen LogP) is 3.29. The second kappa shape index (κ2) is 9.08. The van der Waals surface area contributed by atoms with E-state index in [1.165, 1.54) is 0 Å². The lowest BCUT2D eigenvalue weighted by molar-refractivity contribution is 0.340. The van der Waals surface area contributed by atoms with Gasteiger partial charge in [0, 0.05) is 18.3 Å². The first-order valence-electron chi connectivity index (χ1n) is 8.31. The number of anilines is 3. The van der Waals surface area contributed by atoms with E-state index in [0.717, 1.165) is 48.4 Å². The molecule has 0 saturated carbocycles. The molecule has 0 aliphatic carbocycles. The minimum Gasteiger partial charge on any atom is -0.494 e. The molecule has 1 heterocycles. The fourth-order valence-corrected chi connectivity index (χ4v) is 2.28. The van der Waals surface area contributed by atoms with Gasteiger partial charge in [0.2, 0.25) is 0 Å².